The van der Waals surface area contributed by atoms with E-state index in [1.165, 1.54) is 17.3 Å². The predicted octanol–water partition coefficient (Wildman–Crippen LogP) is 3.85. The molecule has 2 aromatic carbocycles. The van der Waals surface area contributed by atoms with Crippen molar-refractivity contribution < 1.29 is 4.79 Å². The molecule has 2 aromatic rings. The van der Waals surface area contributed by atoms with Gasteiger partial charge in [0.25, 0.3) is 0 Å². The first-order valence-electron chi connectivity index (χ1n) is 7.84. The number of rotatable bonds is 4. The van der Waals surface area contributed by atoms with E-state index in [1.54, 1.807) is 11.1 Å². The maximum atomic E-state index is 12.4. The van der Waals surface area contributed by atoms with Crippen molar-refractivity contribution in [3.05, 3.63) is 71.3 Å². The summed E-state index contributed by atoms with van der Waals surface area (Å²) in [7, 11) is 0. The molecular formula is C19H19N3OS. The molecule has 0 saturated carbocycles. The van der Waals surface area contributed by atoms with Gasteiger partial charge in [-0.2, -0.15) is 5.10 Å². The minimum Gasteiger partial charge on any atom is -0.284 e. The van der Waals surface area contributed by atoms with E-state index in [-0.39, 0.29) is 11.2 Å². The summed E-state index contributed by atoms with van der Waals surface area (Å²) in [6, 6.07) is 17.9. The minimum absolute atomic E-state index is 0.0805. The average Bonchev–Trinajstić information content (AvgIpc) is 2.85. The van der Waals surface area contributed by atoms with E-state index in [4.69, 9.17) is 0 Å². The van der Waals surface area contributed by atoms with Crippen molar-refractivity contribution in [1.82, 2.24) is 4.90 Å². The number of hydrogen-bond donors (Lipinski definition) is 0. The summed E-state index contributed by atoms with van der Waals surface area (Å²) in [6.07, 6.45) is 1.70. The summed E-state index contributed by atoms with van der Waals surface area (Å²) in [5.41, 5.74) is 3.27. The Morgan fingerprint density at radius 1 is 1.12 bits per heavy atom. The van der Waals surface area contributed by atoms with Crippen LogP contribution in [0.25, 0.3) is 0 Å². The van der Waals surface area contributed by atoms with Gasteiger partial charge in [0.1, 0.15) is 0 Å². The van der Waals surface area contributed by atoms with Crippen molar-refractivity contribution in [2.45, 2.75) is 25.6 Å². The van der Waals surface area contributed by atoms with Gasteiger partial charge in [-0.05, 0) is 30.5 Å². The van der Waals surface area contributed by atoms with Crippen molar-refractivity contribution in [3.8, 4) is 0 Å². The Balaban J connectivity index is 1.80. The van der Waals surface area contributed by atoms with E-state index < -0.39 is 0 Å². The summed E-state index contributed by atoms with van der Waals surface area (Å²) >= 11 is 1.45. The van der Waals surface area contributed by atoms with Gasteiger partial charge in [0.2, 0.25) is 5.91 Å². The van der Waals surface area contributed by atoms with Gasteiger partial charge in [0.05, 0.1) is 18.0 Å². The largest absolute Gasteiger partial charge is 0.284 e. The number of nitrogens with zero attached hydrogens (tertiary/aromatic N) is 3. The molecule has 0 aromatic heterocycles. The highest BCUT2D eigenvalue weighted by Gasteiger charge is 2.35. The van der Waals surface area contributed by atoms with Gasteiger partial charge in [0.15, 0.2) is 5.17 Å². The smallest absolute Gasteiger partial charge is 0.242 e. The maximum absolute atomic E-state index is 12.4. The quantitative estimate of drug-likeness (QED) is 0.628. The summed E-state index contributed by atoms with van der Waals surface area (Å²) in [4.78, 5) is 14.2. The van der Waals surface area contributed by atoms with Gasteiger partial charge in [-0.25, -0.2) is 0 Å². The second-order valence-electron chi connectivity index (χ2n) is 5.65. The lowest BCUT2D eigenvalue weighted by atomic mass is 10.1. The Hall–Kier alpha value is -2.40. The first kappa shape index (κ1) is 16.5. The monoisotopic (exact) mass is 337 g/mol. The van der Waals surface area contributed by atoms with E-state index in [2.05, 4.69) is 23.2 Å². The second-order valence-corrected chi connectivity index (χ2v) is 6.96. The number of thioether (sulfide) groups is 1. The fraction of sp³-hybridized carbons (Fsp3) is 0.211. The highest BCUT2D eigenvalue weighted by Crippen LogP contribution is 2.29. The van der Waals surface area contributed by atoms with E-state index in [0.717, 1.165) is 11.1 Å². The van der Waals surface area contributed by atoms with Crippen LogP contribution in [0.3, 0.4) is 0 Å². The summed E-state index contributed by atoms with van der Waals surface area (Å²) in [5, 5.41) is 8.97. The summed E-state index contributed by atoms with van der Waals surface area (Å²) < 4.78 is 0. The molecule has 3 rings (SSSR count). The maximum Gasteiger partial charge on any atom is 0.242 e. The van der Waals surface area contributed by atoms with Gasteiger partial charge in [-0.3, -0.25) is 9.69 Å². The normalized spacial score (nSPS) is 19.6. The van der Waals surface area contributed by atoms with Crippen LogP contribution in [0.4, 0.5) is 0 Å². The standard InChI is InChI=1S/C19H19N3OS/c1-14-8-6-7-11-17(14)13-22-18(23)15(2)24-19(22)21-20-12-16-9-4-3-5-10-16/h3-12,15H,13H2,1-2H3/b20-12-,21-19-/t15-/m1/s1. The van der Waals surface area contributed by atoms with Crippen LogP contribution in [0, 0.1) is 6.92 Å². The Bertz CT molecular complexity index is 786. The zero-order chi connectivity index (χ0) is 16.9. The summed E-state index contributed by atoms with van der Waals surface area (Å²) in [5.74, 6) is 0.0805. The first-order chi connectivity index (χ1) is 11.6. The van der Waals surface area contributed by atoms with Crippen molar-refractivity contribution >= 4 is 29.1 Å². The molecular weight excluding hydrogens is 318 g/mol. The van der Waals surface area contributed by atoms with Gasteiger partial charge in [-0.15, -0.1) is 5.10 Å². The van der Waals surface area contributed by atoms with E-state index >= 15 is 0 Å². The lowest BCUT2D eigenvalue weighted by Crippen LogP contribution is -2.31. The Morgan fingerprint density at radius 2 is 1.83 bits per heavy atom. The zero-order valence-corrected chi connectivity index (χ0v) is 14.5. The molecule has 0 spiro atoms. The molecule has 122 valence electrons. The van der Waals surface area contributed by atoms with Crippen molar-refractivity contribution in [1.29, 1.82) is 0 Å². The highest BCUT2D eigenvalue weighted by atomic mass is 32.2. The molecule has 1 amide bonds. The van der Waals surface area contributed by atoms with Crippen LogP contribution in [0.5, 0.6) is 0 Å². The number of carbonyl (C=O) groups is 1. The first-order valence-corrected chi connectivity index (χ1v) is 8.72. The van der Waals surface area contributed by atoms with Crippen LogP contribution in [0.1, 0.15) is 23.6 Å². The molecule has 0 N–H and O–H groups in total. The van der Waals surface area contributed by atoms with E-state index in [0.29, 0.717) is 11.7 Å². The van der Waals surface area contributed by atoms with Gasteiger partial charge in [0, 0.05) is 0 Å². The fourth-order valence-electron chi connectivity index (χ4n) is 2.45. The van der Waals surface area contributed by atoms with Crippen molar-refractivity contribution in [2.24, 2.45) is 10.2 Å². The third-order valence-corrected chi connectivity index (χ3v) is 4.93. The van der Waals surface area contributed by atoms with Gasteiger partial charge < -0.3 is 0 Å². The third-order valence-electron chi connectivity index (χ3n) is 3.87. The van der Waals surface area contributed by atoms with Crippen LogP contribution < -0.4 is 0 Å². The summed E-state index contributed by atoms with van der Waals surface area (Å²) in [6.45, 7) is 4.49. The molecule has 1 saturated heterocycles. The van der Waals surface area contributed by atoms with E-state index in [1.807, 2.05) is 55.5 Å². The Kier molecular flexibility index (Phi) is 5.11. The second kappa shape index (κ2) is 7.45. The lowest BCUT2D eigenvalue weighted by molar-refractivity contribution is -0.126. The molecule has 0 bridgehead atoms. The number of amidine groups is 1. The molecule has 0 radical (unpaired) electrons. The SMILES string of the molecule is Cc1ccccc1CN1C(=O)[C@@H](C)S/C1=N\N=C/c1ccccc1. The van der Waals surface area contributed by atoms with Gasteiger partial charge in [-0.1, -0.05) is 66.4 Å². The molecule has 0 unspecified atom stereocenters. The van der Waals surface area contributed by atoms with Crippen molar-refractivity contribution in [2.75, 3.05) is 0 Å². The number of amides is 1. The van der Waals surface area contributed by atoms with Crippen LogP contribution in [-0.4, -0.2) is 27.4 Å². The van der Waals surface area contributed by atoms with Crippen LogP contribution >= 0.6 is 11.8 Å². The molecule has 1 aliphatic heterocycles. The zero-order valence-electron chi connectivity index (χ0n) is 13.7. The number of benzene rings is 2. The van der Waals surface area contributed by atoms with Gasteiger partial charge >= 0.3 is 0 Å². The Morgan fingerprint density at radius 3 is 2.58 bits per heavy atom. The third kappa shape index (κ3) is 3.74. The van der Waals surface area contributed by atoms with Crippen LogP contribution in [-0.2, 0) is 11.3 Å². The molecule has 5 heteroatoms. The topological polar surface area (TPSA) is 45.0 Å². The number of carbonyl (C=O) groups excluding carboxylic acids is 1. The van der Waals surface area contributed by atoms with Crippen molar-refractivity contribution in [3.63, 3.8) is 0 Å². The fourth-order valence-corrected chi connectivity index (χ4v) is 3.37. The van der Waals surface area contributed by atoms with Crippen LogP contribution in [0.2, 0.25) is 0 Å². The Labute approximate surface area is 146 Å². The number of hydrogen-bond acceptors (Lipinski definition) is 4. The molecule has 0 aliphatic carbocycles. The molecule has 1 atom stereocenters. The average molecular weight is 337 g/mol. The number of aryl methyl sites for hydroxylation is 1. The lowest BCUT2D eigenvalue weighted by Gasteiger charge is -2.16. The predicted molar refractivity (Wildman–Crippen MR) is 100 cm³/mol. The minimum atomic E-state index is -0.125. The van der Waals surface area contributed by atoms with Crippen LogP contribution in [0.15, 0.2) is 64.8 Å². The molecule has 1 aliphatic rings. The van der Waals surface area contributed by atoms with E-state index in [9.17, 15) is 4.79 Å². The molecule has 1 heterocycles. The highest BCUT2D eigenvalue weighted by molar-refractivity contribution is 8.15. The molecule has 4 nitrogen and oxygen atoms in total. The molecule has 1 fully saturated rings. The molecule has 24 heavy (non-hydrogen) atoms.